The van der Waals surface area contributed by atoms with Gasteiger partial charge < -0.3 is 15.0 Å². The molecule has 0 aliphatic carbocycles. The SMILES string of the molecule is CCN(Cc1ccccn1)C(=O)CC1CNCCO1.Cl.Cl. The van der Waals surface area contributed by atoms with Crippen LogP contribution in [-0.2, 0) is 16.1 Å². The van der Waals surface area contributed by atoms with Crippen LogP contribution in [0.1, 0.15) is 19.0 Å². The summed E-state index contributed by atoms with van der Waals surface area (Å²) >= 11 is 0. The summed E-state index contributed by atoms with van der Waals surface area (Å²) in [7, 11) is 0. The number of amides is 1. The molecule has 0 aromatic carbocycles. The Balaban J connectivity index is 0.00000200. The Bertz CT molecular complexity index is 400. The van der Waals surface area contributed by atoms with Gasteiger partial charge in [0, 0.05) is 25.8 Å². The fraction of sp³-hybridized carbons (Fsp3) is 0.571. The lowest BCUT2D eigenvalue weighted by Crippen LogP contribution is -2.42. The van der Waals surface area contributed by atoms with Crippen molar-refractivity contribution in [2.75, 3.05) is 26.2 Å². The minimum atomic E-state index is -0.000896. The molecule has 120 valence electrons. The first-order valence-corrected chi connectivity index (χ1v) is 6.79. The van der Waals surface area contributed by atoms with E-state index in [1.54, 1.807) is 6.20 Å². The van der Waals surface area contributed by atoms with Gasteiger partial charge in [0.15, 0.2) is 0 Å². The molecular weight excluding hydrogens is 313 g/mol. The molecule has 1 unspecified atom stereocenters. The van der Waals surface area contributed by atoms with E-state index in [4.69, 9.17) is 4.74 Å². The lowest BCUT2D eigenvalue weighted by Gasteiger charge is -2.26. The van der Waals surface area contributed by atoms with Crippen LogP contribution in [0, 0.1) is 0 Å². The van der Waals surface area contributed by atoms with Gasteiger partial charge in [0.1, 0.15) is 0 Å². The standard InChI is InChI=1S/C14H21N3O2.2ClH/c1-2-17(11-12-5-3-4-6-16-12)14(18)9-13-10-15-7-8-19-13;;/h3-6,13,15H,2,7-11H2,1H3;2*1H. The summed E-state index contributed by atoms with van der Waals surface area (Å²) in [4.78, 5) is 18.3. The van der Waals surface area contributed by atoms with Crippen LogP contribution in [0.2, 0.25) is 0 Å². The Morgan fingerprint density at radius 2 is 2.29 bits per heavy atom. The van der Waals surface area contributed by atoms with Crippen molar-refractivity contribution in [1.82, 2.24) is 15.2 Å². The van der Waals surface area contributed by atoms with Crippen molar-refractivity contribution >= 4 is 30.7 Å². The van der Waals surface area contributed by atoms with Gasteiger partial charge in [-0.05, 0) is 19.1 Å². The molecule has 7 heteroatoms. The van der Waals surface area contributed by atoms with Crippen molar-refractivity contribution in [3.05, 3.63) is 30.1 Å². The third-order valence-electron chi connectivity index (χ3n) is 3.22. The summed E-state index contributed by atoms with van der Waals surface area (Å²) in [6.07, 6.45) is 2.19. The van der Waals surface area contributed by atoms with Crippen molar-refractivity contribution in [1.29, 1.82) is 0 Å². The molecule has 1 aromatic heterocycles. The van der Waals surface area contributed by atoms with Gasteiger partial charge in [-0.25, -0.2) is 0 Å². The van der Waals surface area contributed by atoms with Crippen molar-refractivity contribution < 1.29 is 9.53 Å². The van der Waals surface area contributed by atoms with Crippen molar-refractivity contribution in [2.45, 2.75) is 26.0 Å². The highest BCUT2D eigenvalue weighted by Gasteiger charge is 2.21. The predicted octanol–water partition coefficient (Wildman–Crippen LogP) is 1.65. The summed E-state index contributed by atoms with van der Waals surface area (Å²) in [6, 6.07) is 5.76. The number of pyridine rings is 1. The largest absolute Gasteiger partial charge is 0.375 e. The molecule has 0 spiro atoms. The average Bonchev–Trinajstić information content (AvgIpc) is 2.47. The zero-order valence-electron chi connectivity index (χ0n) is 12.2. The van der Waals surface area contributed by atoms with E-state index in [2.05, 4.69) is 10.3 Å². The van der Waals surface area contributed by atoms with Gasteiger partial charge >= 0.3 is 0 Å². The summed E-state index contributed by atoms with van der Waals surface area (Å²) in [5.41, 5.74) is 0.917. The molecule has 1 fully saturated rings. The van der Waals surface area contributed by atoms with Crippen LogP contribution in [0.15, 0.2) is 24.4 Å². The number of carbonyl (C=O) groups excluding carboxylic acids is 1. The quantitative estimate of drug-likeness (QED) is 0.888. The maximum absolute atomic E-state index is 12.2. The lowest BCUT2D eigenvalue weighted by atomic mass is 10.2. The molecule has 21 heavy (non-hydrogen) atoms. The molecule has 1 amide bonds. The number of aromatic nitrogens is 1. The molecule has 1 N–H and O–H groups in total. The predicted molar refractivity (Wildman–Crippen MR) is 87.1 cm³/mol. The first-order valence-electron chi connectivity index (χ1n) is 6.79. The number of hydrogen-bond donors (Lipinski definition) is 1. The van der Waals surface area contributed by atoms with E-state index in [9.17, 15) is 4.79 Å². The third kappa shape index (κ3) is 6.61. The molecule has 0 bridgehead atoms. The molecule has 2 rings (SSSR count). The number of nitrogens with zero attached hydrogens (tertiary/aromatic N) is 2. The number of hydrogen-bond acceptors (Lipinski definition) is 4. The monoisotopic (exact) mass is 335 g/mol. The van der Waals surface area contributed by atoms with Gasteiger partial charge in [-0.3, -0.25) is 9.78 Å². The fourth-order valence-electron chi connectivity index (χ4n) is 2.14. The Labute approximate surface area is 138 Å². The van der Waals surface area contributed by atoms with E-state index in [1.807, 2.05) is 30.0 Å². The van der Waals surface area contributed by atoms with Crippen LogP contribution in [0.3, 0.4) is 0 Å². The van der Waals surface area contributed by atoms with E-state index >= 15 is 0 Å². The Hall–Kier alpha value is -0.880. The van der Waals surface area contributed by atoms with Gasteiger partial charge in [0.05, 0.1) is 31.4 Å². The molecule has 1 aliphatic rings. The summed E-state index contributed by atoms with van der Waals surface area (Å²) < 4.78 is 5.57. The lowest BCUT2D eigenvalue weighted by molar-refractivity contribution is -0.135. The van der Waals surface area contributed by atoms with Crippen LogP contribution in [0.4, 0.5) is 0 Å². The Kier molecular flexibility index (Phi) is 10.3. The second kappa shape index (κ2) is 10.8. The van der Waals surface area contributed by atoms with E-state index in [0.29, 0.717) is 26.1 Å². The first kappa shape index (κ1) is 20.1. The molecule has 1 aliphatic heterocycles. The third-order valence-corrected chi connectivity index (χ3v) is 3.22. The molecule has 5 nitrogen and oxygen atoms in total. The second-order valence-corrected chi connectivity index (χ2v) is 4.63. The molecule has 2 heterocycles. The van der Waals surface area contributed by atoms with E-state index < -0.39 is 0 Å². The molecule has 1 saturated heterocycles. The smallest absolute Gasteiger partial charge is 0.225 e. The minimum Gasteiger partial charge on any atom is -0.375 e. The molecular formula is C14H23Cl2N3O2. The molecule has 0 radical (unpaired) electrons. The first-order chi connectivity index (χ1) is 9.29. The summed E-state index contributed by atoms with van der Waals surface area (Å²) in [5.74, 6) is 0.127. The van der Waals surface area contributed by atoms with Crippen molar-refractivity contribution in [3.63, 3.8) is 0 Å². The van der Waals surface area contributed by atoms with Crippen molar-refractivity contribution in [3.8, 4) is 0 Å². The Morgan fingerprint density at radius 3 is 2.86 bits per heavy atom. The number of rotatable bonds is 5. The maximum Gasteiger partial charge on any atom is 0.225 e. The fourth-order valence-corrected chi connectivity index (χ4v) is 2.14. The number of carbonyl (C=O) groups is 1. The van der Waals surface area contributed by atoms with E-state index in [-0.39, 0.29) is 36.8 Å². The highest BCUT2D eigenvalue weighted by molar-refractivity contribution is 5.85. The number of nitrogens with one attached hydrogen (secondary N) is 1. The van der Waals surface area contributed by atoms with E-state index in [0.717, 1.165) is 18.8 Å². The van der Waals surface area contributed by atoms with Gasteiger partial charge in [0.2, 0.25) is 5.91 Å². The zero-order valence-corrected chi connectivity index (χ0v) is 13.8. The number of ether oxygens (including phenoxy) is 1. The molecule has 0 saturated carbocycles. The zero-order chi connectivity index (χ0) is 13.5. The van der Waals surface area contributed by atoms with Gasteiger partial charge in [-0.15, -0.1) is 24.8 Å². The summed E-state index contributed by atoms with van der Waals surface area (Å²) in [5, 5.41) is 3.24. The highest BCUT2D eigenvalue weighted by atomic mass is 35.5. The summed E-state index contributed by atoms with van der Waals surface area (Å²) in [6.45, 7) is 5.56. The Morgan fingerprint density at radius 1 is 1.48 bits per heavy atom. The van der Waals surface area contributed by atoms with Crippen molar-refractivity contribution in [2.24, 2.45) is 0 Å². The number of halogens is 2. The van der Waals surface area contributed by atoms with Crippen LogP contribution in [-0.4, -0.2) is 48.1 Å². The van der Waals surface area contributed by atoms with E-state index in [1.165, 1.54) is 0 Å². The van der Waals surface area contributed by atoms with Gasteiger partial charge in [0.25, 0.3) is 0 Å². The molecule has 1 aromatic rings. The normalized spacial score (nSPS) is 17.3. The number of morpholine rings is 1. The van der Waals surface area contributed by atoms with Crippen LogP contribution < -0.4 is 5.32 Å². The topological polar surface area (TPSA) is 54.5 Å². The average molecular weight is 336 g/mol. The van der Waals surface area contributed by atoms with Gasteiger partial charge in [-0.2, -0.15) is 0 Å². The minimum absolute atomic E-state index is 0. The maximum atomic E-state index is 12.2. The van der Waals surface area contributed by atoms with Crippen LogP contribution in [0.25, 0.3) is 0 Å². The molecule has 1 atom stereocenters. The van der Waals surface area contributed by atoms with Crippen LogP contribution >= 0.6 is 24.8 Å². The van der Waals surface area contributed by atoms with Crippen LogP contribution in [0.5, 0.6) is 0 Å². The second-order valence-electron chi connectivity index (χ2n) is 4.63. The highest BCUT2D eigenvalue weighted by Crippen LogP contribution is 2.08. The van der Waals surface area contributed by atoms with Gasteiger partial charge in [-0.1, -0.05) is 6.07 Å².